The number of halogens is 9. The second-order valence-electron chi connectivity index (χ2n) is 16.3. The van der Waals surface area contributed by atoms with Crippen LogP contribution in [0.4, 0.5) is 0 Å². The number of hydrogen-bond donors (Lipinski definition) is 2. The van der Waals surface area contributed by atoms with E-state index in [1.54, 1.807) is 0 Å². The zero-order valence-electron chi connectivity index (χ0n) is 31.5. The summed E-state index contributed by atoms with van der Waals surface area (Å²) in [4.78, 5) is 23.1. The summed E-state index contributed by atoms with van der Waals surface area (Å²) in [6, 6.07) is 1.40. The quantitative estimate of drug-likeness (QED) is 0.0849. The van der Waals surface area contributed by atoms with Gasteiger partial charge in [0.15, 0.2) is 30.1 Å². The maximum absolute atomic E-state index is 10.2. The molecule has 8 saturated heterocycles. The molecule has 4 bridgehead atoms. The number of fused-ring (bicyclic) bond motifs is 4. The molecule has 0 aromatic heterocycles. The van der Waals surface area contributed by atoms with Crippen LogP contribution in [0.25, 0.3) is 0 Å². The van der Waals surface area contributed by atoms with Crippen molar-refractivity contribution in [1.82, 2.24) is 0 Å². The van der Waals surface area contributed by atoms with E-state index in [4.69, 9.17) is 124 Å². The van der Waals surface area contributed by atoms with Crippen molar-refractivity contribution in [2.24, 2.45) is 47.3 Å². The molecule has 2 N–H and O–H groups in total. The number of aliphatic hydroxyl groups is 1. The second-order valence-corrected chi connectivity index (χ2v) is 56.2. The molecule has 322 valence electrons. The van der Waals surface area contributed by atoms with Crippen LogP contribution in [0.15, 0.2) is 0 Å². The molecule has 2 aliphatic carbocycles. The molecule has 56 heavy (non-hydrogen) atoms. The molecule has 16 atom stereocenters. The number of aliphatic hydroxyl groups excluding tert-OH is 1. The van der Waals surface area contributed by atoms with E-state index in [0.717, 1.165) is 44.9 Å². The van der Waals surface area contributed by atoms with Crippen molar-refractivity contribution in [1.29, 1.82) is 10.7 Å². The van der Waals surface area contributed by atoms with Crippen molar-refractivity contribution in [2.45, 2.75) is 148 Å². The van der Waals surface area contributed by atoms with E-state index in [9.17, 15) is 5.11 Å². The van der Waals surface area contributed by atoms with Crippen molar-refractivity contribution in [2.75, 3.05) is 0 Å². The Morgan fingerprint density at radius 2 is 1.14 bits per heavy atom. The molecule has 0 aromatic carbocycles. The van der Waals surface area contributed by atoms with E-state index >= 15 is 0 Å². The SMILES string of the molecule is CC1C(O)O[C@@H]2O[C@@]3(C)CC[C@H]4[C@H](C)CC[C@@H]1[C@@]24OO3.CC1C(OC(=N)C(Cl)(Cl)Cl)OC2O[C@@]3(C)CC[C@H]4[C@H](C)CCC1[C@@]24OO3.N#CC(Cl)(Cl)Cl.[I][V]([I])[I]. The molecule has 10 fully saturated rings. The topological polar surface area (TPSA) is 151 Å². The van der Waals surface area contributed by atoms with Gasteiger partial charge in [-0.15, -0.1) is 0 Å². The Morgan fingerprint density at radius 3 is 1.55 bits per heavy atom. The summed E-state index contributed by atoms with van der Waals surface area (Å²) in [6.45, 7) is 12.3. The van der Waals surface area contributed by atoms with Gasteiger partial charge in [0.1, 0.15) is 6.07 Å². The van der Waals surface area contributed by atoms with Crippen LogP contribution in [0.5, 0.6) is 0 Å². The second kappa shape index (κ2) is 19.3. The van der Waals surface area contributed by atoms with Crippen LogP contribution in [-0.2, 0) is 48.2 Å². The van der Waals surface area contributed by atoms with Crippen LogP contribution in [-0.4, -0.2) is 66.5 Å². The average molecular weight is 1290 g/mol. The third kappa shape index (κ3) is 10.6. The van der Waals surface area contributed by atoms with E-state index in [0.29, 0.717) is 17.8 Å². The van der Waals surface area contributed by atoms with Crippen LogP contribution < -0.4 is 0 Å². The van der Waals surface area contributed by atoms with Gasteiger partial charge in [-0.05, 0) is 76.0 Å². The van der Waals surface area contributed by atoms with E-state index < -0.39 is 61.4 Å². The Bertz CT molecular complexity index is 1450. The maximum atomic E-state index is 10.2. The third-order valence-electron chi connectivity index (χ3n) is 12.8. The van der Waals surface area contributed by atoms with Crippen molar-refractivity contribution < 1.29 is 53.3 Å². The van der Waals surface area contributed by atoms with Gasteiger partial charge in [-0.2, -0.15) is 5.26 Å². The minimum atomic E-state index is -1.93. The van der Waals surface area contributed by atoms with Crippen LogP contribution in [0.2, 0.25) is 0 Å². The van der Waals surface area contributed by atoms with E-state index in [1.807, 2.05) is 27.7 Å². The van der Waals surface area contributed by atoms with Crippen molar-refractivity contribution in [3.63, 3.8) is 0 Å². The molecule has 2 spiro atoms. The molecule has 0 amide bonds. The molecule has 8 aliphatic heterocycles. The van der Waals surface area contributed by atoms with E-state index in [1.165, 1.54) is 12.5 Å². The Balaban J connectivity index is 0.000000176. The first kappa shape index (κ1) is 50.1. The number of ether oxygens (including phenoxy) is 5. The molecular formula is C34H48Cl6I3N2O10V. The Hall–Kier alpha value is 3.11. The standard InChI is InChI=1S/C17H24Cl3NO5.C15H24O5.C2Cl3N.3HI.V/c1-8-4-5-11-9(2)12(22-13(21)17(18,19)20)23-14-16(11)10(8)6-7-15(3,24-14)25-26-16;1-8-4-5-11-9(2)12(16)17-13-15(11)10(8)6-7-14(3,18-13)19-20-15;3-2(4,5)1-6;;;;/h8-12,14,21H,4-7H2,1-3H3;8-13,16H,4-7H2,1-3H3;;3*1H;/q;;;;;;+3/p-3/t8-,9?,10+,11?,12?,14?,15-,16-;8-,9?,10+,11+,12?,13-,14-,15-;;;;;/m11...../s1. The number of nitrogens with zero attached hydrogens (tertiary/aromatic N) is 1. The van der Waals surface area contributed by atoms with Gasteiger partial charge in [0, 0.05) is 36.5 Å². The van der Waals surface area contributed by atoms with Gasteiger partial charge in [0.2, 0.25) is 23.8 Å². The number of rotatable bonds is 1. The zero-order chi connectivity index (χ0) is 41.8. The molecule has 22 heteroatoms. The Morgan fingerprint density at radius 1 is 0.732 bits per heavy atom. The molecule has 6 unspecified atom stereocenters. The first-order chi connectivity index (χ1) is 25.8. The van der Waals surface area contributed by atoms with Gasteiger partial charge in [0.05, 0.1) is 0 Å². The molecule has 12 nitrogen and oxygen atoms in total. The van der Waals surface area contributed by atoms with Crippen LogP contribution in [0, 0.1) is 64.1 Å². The summed E-state index contributed by atoms with van der Waals surface area (Å²) >= 11 is 39.4. The minimum absolute atomic E-state index is 0.0379. The molecule has 10 aliphatic rings. The summed E-state index contributed by atoms with van der Waals surface area (Å²) in [6.07, 6.45) is 5.04. The molecular weight excluding hydrogens is 1240 g/mol. The monoisotopic (exact) mass is 1290 g/mol. The molecule has 8 heterocycles. The summed E-state index contributed by atoms with van der Waals surface area (Å²) < 4.78 is 26.1. The summed E-state index contributed by atoms with van der Waals surface area (Å²) in [5, 5.41) is 25.8. The zero-order valence-corrected chi connectivity index (χ0v) is 43.9. The van der Waals surface area contributed by atoms with Crippen LogP contribution >= 0.6 is 130 Å². The number of nitriles is 1. The summed E-state index contributed by atoms with van der Waals surface area (Å²) in [5.74, 6) is -0.113. The number of nitrogens with one attached hydrogen (secondary N) is 1. The third-order valence-corrected chi connectivity index (χ3v) is 13.6. The molecule has 0 aromatic rings. The van der Waals surface area contributed by atoms with Gasteiger partial charge >= 0.3 is 64.9 Å². The normalized spacial score (nSPS) is 47.4. The Labute approximate surface area is 396 Å². The van der Waals surface area contributed by atoms with Gasteiger partial charge < -0.3 is 28.8 Å². The van der Waals surface area contributed by atoms with Crippen molar-refractivity contribution in [3.8, 4) is 6.07 Å². The fraction of sp³-hybridized carbons (Fsp3) is 0.941. The molecule has 10 rings (SSSR count). The van der Waals surface area contributed by atoms with E-state index in [2.05, 4.69) is 73.8 Å². The first-order valence-electron chi connectivity index (χ1n) is 18.5. The first-order valence-corrected chi connectivity index (χ1v) is 34.3. The fourth-order valence-corrected chi connectivity index (χ4v) is 10.2. The molecule has 0 radical (unpaired) electrons. The average Bonchev–Trinajstić information content (AvgIpc) is 3.47. The predicted molar refractivity (Wildman–Crippen MR) is 233 cm³/mol. The van der Waals surface area contributed by atoms with Gasteiger partial charge in [-0.25, -0.2) is 19.6 Å². The van der Waals surface area contributed by atoms with Gasteiger partial charge in [0.25, 0.3) is 7.59 Å². The van der Waals surface area contributed by atoms with E-state index in [-0.39, 0.29) is 34.5 Å². The summed E-state index contributed by atoms with van der Waals surface area (Å²) in [7, 11) is 0. The van der Waals surface area contributed by atoms with Crippen molar-refractivity contribution >= 4 is 135 Å². The fourth-order valence-electron chi connectivity index (χ4n) is 10.1. The predicted octanol–water partition coefficient (Wildman–Crippen LogP) is 11.3. The number of alkyl halides is 6. The van der Waals surface area contributed by atoms with Gasteiger partial charge in [-0.1, -0.05) is 97.3 Å². The number of hydrogen-bond acceptors (Lipinski definition) is 12. The Kier molecular flexibility index (Phi) is 17.3. The summed E-state index contributed by atoms with van der Waals surface area (Å²) in [5.41, 5.74) is -1.22. The van der Waals surface area contributed by atoms with Crippen molar-refractivity contribution in [3.05, 3.63) is 0 Å². The van der Waals surface area contributed by atoms with Crippen LogP contribution in [0.1, 0.15) is 92.9 Å². The molecule has 2 saturated carbocycles. The van der Waals surface area contributed by atoms with Crippen LogP contribution in [0.3, 0.4) is 0 Å². The van der Waals surface area contributed by atoms with Gasteiger partial charge in [-0.3, -0.25) is 5.41 Å².